The molecule has 0 aromatic heterocycles. The Bertz CT molecular complexity index is 151. The SMILES string of the molecule is NC1CCC(CN2CCNCC2)C1. The number of hydrogen-bond acceptors (Lipinski definition) is 3. The zero-order chi connectivity index (χ0) is 9.10. The topological polar surface area (TPSA) is 41.3 Å². The minimum atomic E-state index is 0.493. The summed E-state index contributed by atoms with van der Waals surface area (Å²) in [5.41, 5.74) is 5.90. The van der Waals surface area contributed by atoms with E-state index in [1.807, 2.05) is 0 Å². The molecule has 0 aromatic rings. The summed E-state index contributed by atoms with van der Waals surface area (Å²) in [5, 5.41) is 3.38. The number of nitrogens with zero attached hydrogens (tertiary/aromatic N) is 1. The summed E-state index contributed by atoms with van der Waals surface area (Å²) < 4.78 is 0. The smallest absolute Gasteiger partial charge is 0.0107 e. The normalized spacial score (nSPS) is 36.7. The van der Waals surface area contributed by atoms with Gasteiger partial charge in [0.2, 0.25) is 0 Å². The molecule has 2 atom stereocenters. The third-order valence-corrected chi connectivity index (χ3v) is 3.31. The standard InChI is InChI=1S/C10H21N3/c11-10-2-1-9(7-10)8-13-5-3-12-4-6-13/h9-10,12H,1-8,11H2. The largest absolute Gasteiger partial charge is 0.328 e. The fourth-order valence-corrected chi connectivity index (χ4v) is 2.54. The molecule has 0 bridgehead atoms. The van der Waals surface area contributed by atoms with E-state index in [1.54, 1.807) is 0 Å². The van der Waals surface area contributed by atoms with E-state index in [4.69, 9.17) is 5.73 Å². The van der Waals surface area contributed by atoms with Crippen molar-refractivity contribution in [2.45, 2.75) is 25.3 Å². The first-order chi connectivity index (χ1) is 6.34. The highest BCUT2D eigenvalue weighted by atomic mass is 15.2. The monoisotopic (exact) mass is 183 g/mol. The van der Waals surface area contributed by atoms with Crippen LogP contribution in [0, 0.1) is 5.92 Å². The summed E-state index contributed by atoms with van der Waals surface area (Å²) in [4.78, 5) is 2.58. The molecule has 0 radical (unpaired) electrons. The van der Waals surface area contributed by atoms with Gasteiger partial charge in [0.1, 0.15) is 0 Å². The van der Waals surface area contributed by atoms with Crippen LogP contribution in [0.15, 0.2) is 0 Å². The predicted octanol–water partition coefficient (Wildman–Crippen LogP) is 0.0190. The summed E-state index contributed by atoms with van der Waals surface area (Å²) in [6.45, 7) is 6.07. The molecule has 1 heterocycles. The van der Waals surface area contributed by atoms with Crippen molar-refractivity contribution in [1.29, 1.82) is 0 Å². The maximum Gasteiger partial charge on any atom is 0.0107 e. The molecule has 3 nitrogen and oxygen atoms in total. The Morgan fingerprint density at radius 1 is 1.23 bits per heavy atom. The molecule has 0 spiro atoms. The van der Waals surface area contributed by atoms with Crippen LogP contribution in [0.4, 0.5) is 0 Å². The average molecular weight is 183 g/mol. The second-order valence-electron chi connectivity index (χ2n) is 4.49. The lowest BCUT2D eigenvalue weighted by atomic mass is 10.1. The fraction of sp³-hybridized carbons (Fsp3) is 1.00. The van der Waals surface area contributed by atoms with E-state index in [9.17, 15) is 0 Å². The molecule has 1 saturated carbocycles. The number of hydrogen-bond donors (Lipinski definition) is 2. The van der Waals surface area contributed by atoms with Crippen LogP contribution in [0.2, 0.25) is 0 Å². The highest BCUT2D eigenvalue weighted by molar-refractivity contribution is 4.81. The molecule has 2 rings (SSSR count). The van der Waals surface area contributed by atoms with Crippen molar-refractivity contribution in [1.82, 2.24) is 10.2 Å². The molecule has 13 heavy (non-hydrogen) atoms. The number of nitrogens with two attached hydrogens (primary N) is 1. The van der Waals surface area contributed by atoms with E-state index in [0.29, 0.717) is 6.04 Å². The number of piperazine rings is 1. The van der Waals surface area contributed by atoms with Gasteiger partial charge in [0, 0.05) is 38.8 Å². The van der Waals surface area contributed by atoms with Crippen LogP contribution in [0.1, 0.15) is 19.3 Å². The van der Waals surface area contributed by atoms with Gasteiger partial charge >= 0.3 is 0 Å². The molecule has 1 aliphatic heterocycles. The lowest BCUT2D eigenvalue weighted by Gasteiger charge is -2.29. The summed E-state index contributed by atoms with van der Waals surface area (Å²) >= 11 is 0. The Hall–Kier alpha value is -0.120. The minimum absolute atomic E-state index is 0.493. The van der Waals surface area contributed by atoms with Crippen molar-refractivity contribution in [2.75, 3.05) is 32.7 Å². The van der Waals surface area contributed by atoms with E-state index >= 15 is 0 Å². The third-order valence-electron chi connectivity index (χ3n) is 3.31. The van der Waals surface area contributed by atoms with Gasteiger partial charge in [-0.05, 0) is 25.2 Å². The van der Waals surface area contributed by atoms with E-state index in [0.717, 1.165) is 5.92 Å². The molecule has 1 aliphatic carbocycles. The fourth-order valence-electron chi connectivity index (χ4n) is 2.54. The molecule has 0 amide bonds. The second-order valence-corrected chi connectivity index (χ2v) is 4.49. The van der Waals surface area contributed by atoms with Crippen LogP contribution in [0.5, 0.6) is 0 Å². The van der Waals surface area contributed by atoms with Gasteiger partial charge in [0.25, 0.3) is 0 Å². The van der Waals surface area contributed by atoms with Crippen LogP contribution in [-0.4, -0.2) is 43.7 Å². The minimum Gasteiger partial charge on any atom is -0.328 e. The van der Waals surface area contributed by atoms with Crippen molar-refractivity contribution in [2.24, 2.45) is 11.7 Å². The Morgan fingerprint density at radius 2 is 2.00 bits per heavy atom. The molecule has 0 aromatic carbocycles. The zero-order valence-electron chi connectivity index (χ0n) is 8.34. The Kier molecular flexibility index (Phi) is 3.19. The Morgan fingerprint density at radius 3 is 2.62 bits per heavy atom. The maximum absolute atomic E-state index is 5.90. The van der Waals surface area contributed by atoms with Crippen molar-refractivity contribution < 1.29 is 0 Å². The maximum atomic E-state index is 5.90. The van der Waals surface area contributed by atoms with Gasteiger partial charge in [-0.2, -0.15) is 0 Å². The van der Waals surface area contributed by atoms with Gasteiger partial charge in [-0.1, -0.05) is 0 Å². The van der Waals surface area contributed by atoms with Crippen LogP contribution >= 0.6 is 0 Å². The first-order valence-electron chi connectivity index (χ1n) is 5.53. The molecule has 3 N–H and O–H groups in total. The average Bonchev–Trinajstić information content (AvgIpc) is 2.53. The van der Waals surface area contributed by atoms with E-state index in [1.165, 1.54) is 52.0 Å². The molecular formula is C10H21N3. The molecule has 3 heteroatoms. The Labute approximate surface area is 80.7 Å². The zero-order valence-corrected chi connectivity index (χ0v) is 8.34. The van der Waals surface area contributed by atoms with Gasteiger partial charge in [0.15, 0.2) is 0 Å². The predicted molar refractivity (Wildman–Crippen MR) is 54.6 cm³/mol. The van der Waals surface area contributed by atoms with Crippen LogP contribution in [-0.2, 0) is 0 Å². The first kappa shape index (κ1) is 9.44. The molecule has 2 fully saturated rings. The highest BCUT2D eigenvalue weighted by Gasteiger charge is 2.24. The van der Waals surface area contributed by atoms with Crippen molar-refractivity contribution >= 4 is 0 Å². The van der Waals surface area contributed by atoms with Gasteiger partial charge in [-0.15, -0.1) is 0 Å². The molecule has 2 aliphatic rings. The van der Waals surface area contributed by atoms with Crippen molar-refractivity contribution in [3.8, 4) is 0 Å². The van der Waals surface area contributed by atoms with E-state index in [2.05, 4.69) is 10.2 Å². The lowest BCUT2D eigenvalue weighted by molar-refractivity contribution is 0.206. The van der Waals surface area contributed by atoms with Gasteiger partial charge in [-0.3, -0.25) is 0 Å². The molecule has 76 valence electrons. The highest BCUT2D eigenvalue weighted by Crippen LogP contribution is 2.24. The van der Waals surface area contributed by atoms with Crippen molar-refractivity contribution in [3.05, 3.63) is 0 Å². The molecule has 1 saturated heterocycles. The van der Waals surface area contributed by atoms with Crippen molar-refractivity contribution in [3.63, 3.8) is 0 Å². The summed E-state index contributed by atoms with van der Waals surface area (Å²) in [7, 11) is 0. The van der Waals surface area contributed by atoms with Gasteiger partial charge < -0.3 is 16.0 Å². The Balaban J connectivity index is 1.71. The van der Waals surface area contributed by atoms with E-state index in [-0.39, 0.29) is 0 Å². The summed E-state index contributed by atoms with van der Waals surface area (Å²) in [6.07, 6.45) is 3.85. The molecule has 2 unspecified atom stereocenters. The second kappa shape index (κ2) is 4.40. The van der Waals surface area contributed by atoms with E-state index < -0.39 is 0 Å². The summed E-state index contributed by atoms with van der Waals surface area (Å²) in [5.74, 6) is 0.882. The van der Waals surface area contributed by atoms with Gasteiger partial charge in [0.05, 0.1) is 0 Å². The van der Waals surface area contributed by atoms with Gasteiger partial charge in [-0.25, -0.2) is 0 Å². The lowest BCUT2D eigenvalue weighted by Crippen LogP contribution is -2.45. The number of rotatable bonds is 2. The van der Waals surface area contributed by atoms with Crippen LogP contribution in [0.3, 0.4) is 0 Å². The quantitative estimate of drug-likeness (QED) is 0.634. The third kappa shape index (κ3) is 2.66. The van der Waals surface area contributed by atoms with Crippen LogP contribution in [0.25, 0.3) is 0 Å². The first-order valence-corrected chi connectivity index (χ1v) is 5.53. The number of nitrogens with one attached hydrogen (secondary N) is 1. The van der Waals surface area contributed by atoms with Crippen LogP contribution < -0.4 is 11.1 Å². The summed E-state index contributed by atoms with van der Waals surface area (Å²) in [6, 6.07) is 0.493. The molecular weight excluding hydrogens is 162 g/mol.